The van der Waals surface area contributed by atoms with E-state index in [2.05, 4.69) is 20.6 Å². The highest BCUT2D eigenvalue weighted by atomic mass is 19.4. The Labute approximate surface area is 153 Å². The number of hydrogen-bond acceptors (Lipinski definition) is 5. The maximum absolute atomic E-state index is 13.3. The lowest BCUT2D eigenvalue weighted by molar-refractivity contribution is -0.137. The highest BCUT2D eigenvalue weighted by Gasteiger charge is 2.35. The zero-order valence-electron chi connectivity index (χ0n) is 14.2. The number of aromatic nitrogens is 2. The Morgan fingerprint density at radius 2 is 1.74 bits per heavy atom. The van der Waals surface area contributed by atoms with Crippen LogP contribution in [0.4, 0.5) is 36.3 Å². The Bertz CT molecular complexity index is 991. The zero-order chi connectivity index (χ0) is 19.4. The Kier molecular flexibility index (Phi) is 4.94. The van der Waals surface area contributed by atoms with E-state index < -0.39 is 11.7 Å². The molecular weight excluding hydrogens is 355 g/mol. The highest BCUT2D eigenvalue weighted by Crippen LogP contribution is 2.35. The van der Waals surface area contributed by atoms with Crippen LogP contribution in [0.25, 0.3) is 0 Å². The van der Waals surface area contributed by atoms with Crippen LogP contribution in [0, 0.1) is 18.3 Å². The zero-order valence-corrected chi connectivity index (χ0v) is 14.2. The van der Waals surface area contributed by atoms with Crippen molar-refractivity contribution in [2.75, 3.05) is 10.6 Å². The summed E-state index contributed by atoms with van der Waals surface area (Å²) >= 11 is 0. The molecule has 0 radical (unpaired) electrons. The molecule has 0 fully saturated rings. The molecule has 0 spiro atoms. The van der Waals surface area contributed by atoms with Crippen molar-refractivity contribution in [3.63, 3.8) is 0 Å². The lowest BCUT2D eigenvalue weighted by Crippen LogP contribution is -2.12. The molecule has 3 aromatic rings. The number of nitrogens with one attached hydrogen (secondary N) is 2. The number of nitrogens with zero attached hydrogens (tertiary/aromatic N) is 3. The van der Waals surface area contributed by atoms with Crippen molar-refractivity contribution in [2.45, 2.75) is 13.1 Å². The first-order chi connectivity index (χ1) is 12.8. The van der Waals surface area contributed by atoms with Gasteiger partial charge in [0.05, 0.1) is 11.6 Å². The van der Waals surface area contributed by atoms with Gasteiger partial charge in [-0.3, -0.25) is 0 Å². The third-order valence-electron chi connectivity index (χ3n) is 3.65. The van der Waals surface area contributed by atoms with Crippen LogP contribution in [0.3, 0.4) is 0 Å². The van der Waals surface area contributed by atoms with Gasteiger partial charge in [-0.25, -0.2) is 4.98 Å². The molecule has 0 bridgehead atoms. The van der Waals surface area contributed by atoms with Gasteiger partial charge in [0.1, 0.15) is 11.4 Å². The average molecular weight is 369 g/mol. The summed E-state index contributed by atoms with van der Waals surface area (Å²) in [5, 5.41) is 14.4. The standard InChI is InChI=1S/C19H14F3N5/c1-12-3-2-4-15(9-12)25-17-16(19(20,21)22)11-24-18(27-17)26-14-7-5-13(10-23)6-8-14/h2-9,11H,1H3,(H2,24,25,26,27). The van der Waals surface area contributed by atoms with Gasteiger partial charge < -0.3 is 10.6 Å². The van der Waals surface area contributed by atoms with Gasteiger partial charge in [-0.15, -0.1) is 0 Å². The van der Waals surface area contributed by atoms with Crippen LogP contribution >= 0.6 is 0 Å². The number of anilines is 4. The van der Waals surface area contributed by atoms with Crippen molar-refractivity contribution in [1.82, 2.24) is 9.97 Å². The van der Waals surface area contributed by atoms with Crippen LogP contribution in [-0.4, -0.2) is 9.97 Å². The molecule has 8 heteroatoms. The molecule has 27 heavy (non-hydrogen) atoms. The third-order valence-corrected chi connectivity index (χ3v) is 3.65. The summed E-state index contributed by atoms with van der Waals surface area (Å²) in [5.41, 5.74) is 1.45. The first kappa shape index (κ1) is 18.2. The summed E-state index contributed by atoms with van der Waals surface area (Å²) in [5.74, 6) is -0.345. The Hall–Kier alpha value is -3.60. The normalized spacial score (nSPS) is 10.9. The minimum Gasteiger partial charge on any atom is -0.340 e. The van der Waals surface area contributed by atoms with Gasteiger partial charge in [0.2, 0.25) is 5.95 Å². The summed E-state index contributed by atoms with van der Waals surface area (Å²) in [6, 6.07) is 15.3. The third kappa shape index (κ3) is 4.52. The van der Waals surface area contributed by atoms with E-state index in [1.165, 1.54) is 0 Å². The van der Waals surface area contributed by atoms with Crippen molar-refractivity contribution in [1.29, 1.82) is 5.26 Å². The van der Waals surface area contributed by atoms with Crippen LogP contribution in [0.15, 0.2) is 54.7 Å². The van der Waals surface area contributed by atoms with Crippen LogP contribution in [0.5, 0.6) is 0 Å². The summed E-state index contributed by atoms with van der Waals surface area (Å²) in [4.78, 5) is 7.74. The summed E-state index contributed by atoms with van der Waals surface area (Å²) in [6.07, 6.45) is -3.86. The van der Waals surface area contributed by atoms with E-state index in [4.69, 9.17) is 5.26 Å². The SMILES string of the molecule is Cc1cccc(Nc2nc(Nc3ccc(C#N)cc3)ncc2C(F)(F)F)c1. The quantitative estimate of drug-likeness (QED) is 0.664. The van der Waals surface area contributed by atoms with Crippen LogP contribution in [0.2, 0.25) is 0 Å². The molecular formula is C19H14F3N5. The van der Waals surface area contributed by atoms with Gasteiger partial charge in [0.15, 0.2) is 0 Å². The Morgan fingerprint density at radius 3 is 2.37 bits per heavy atom. The highest BCUT2D eigenvalue weighted by molar-refractivity contribution is 5.63. The molecule has 0 saturated carbocycles. The van der Waals surface area contributed by atoms with E-state index >= 15 is 0 Å². The summed E-state index contributed by atoms with van der Waals surface area (Å²) in [7, 11) is 0. The second-order valence-electron chi connectivity index (χ2n) is 5.76. The van der Waals surface area contributed by atoms with Gasteiger partial charge in [0, 0.05) is 17.6 Å². The van der Waals surface area contributed by atoms with Crippen molar-refractivity contribution in [3.05, 3.63) is 71.4 Å². The first-order valence-corrected chi connectivity index (χ1v) is 7.90. The molecule has 0 atom stereocenters. The monoisotopic (exact) mass is 369 g/mol. The second-order valence-corrected chi connectivity index (χ2v) is 5.76. The predicted octanol–water partition coefficient (Wildman–Crippen LogP) is 5.16. The van der Waals surface area contributed by atoms with Gasteiger partial charge in [-0.1, -0.05) is 12.1 Å². The smallest absolute Gasteiger partial charge is 0.340 e. The van der Waals surface area contributed by atoms with E-state index in [-0.39, 0.29) is 11.8 Å². The van der Waals surface area contributed by atoms with Crippen molar-refractivity contribution in [3.8, 4) is 6.07 Å². The van der Waals surface area contributed by atoms with Crippen molar-refractivity contribution >= 4 is 23.1 Å². The van der Waals surface area contributed by atoms with Crippen molar-refractivity contribution in [2.24, 2.45) is 0 Å². The molecule has 0 unspecified atom stereocenters. The van der Waals surface area contributed by atoms with Gasteiger partial charge >= 0.3 is 6.18 Å². The molecule has 2 aromatic carbocycles. The fourth-order valence-electron chi connectivity index (χ4n) is 2.36. The molecule has 0 aliphatic rings. The number of hydrogen-bond donors (Lipinski definition) is 2. The summed E-state index contributed by atoms with van der Waals surface area (Å²) < 4.78 is 39.9. The van der Waals surface area contributed by atoms with Crippen LogP contribution in [0.1, 0.15) is 16.7 Å². The lowest BCUT2D eigenvalue weighted by atomic mass is 10.2. The molecule has 0 aliphatic heterocycles. The number of aryl methyl sites for hydroxylation is 1. The molecule has 1 aromatic heterocycles. The van der Waals surface area contributed by atoms with Gasteiger partial charge in [0.25, 0.3) is 0 Å². The molecule has 0 aliphatic carbocycles. The number of alkyl halides is 3. The van der Waals surface area contributed by atoms with Gasteiger partial charge in [-0.05, 0) is 48.9 Å². The van der Waals surface area contributed by atoms with Crippen LogP contribution in [-0.2, 0) is 6.18 Å². The number of nitriles is 1. The molecule has 0 saturated heterocycles. The molecule has 2 N–H and O–H groups in total. The minimum absolute atomic E-state index is 0.00265. The van der Waals surface area contributed by atoms with E-state index in [0.717, 1.165) is 11.8 Å². The maximum atomic E-state index is 13.3. The Morgan fingerprint density at radius 1 is 1.00 bits per heavy atom. The number of benzene rings is 2. The van der Waals surface area contributed by atoms with E-state index in [0.29, 0.717) is 16.9 Å². The second kappa shape index (κ2) is 7.33. The molecule has 1 heterocycles. The number of rotatable bonds is 4. The van der Waals surface area contributed by atoms with E-state index in [1.54, 1.807) is 42.5 Å². The van der Waals surface area contributed by atoms with Gasteiger partial charge in [-0.2, -0.15) is 23.4 Å². The molecule has 3 rings (SSSR count). The molecule has 5 nitrogen and oxygen atoms in total. The van der Waals surface area contributed by atoms with E-state index in [9.17, 15) is 13.2 Å². The average Bonchev–Trinajstić information content (AvgIpc) is 2.61. The fourth-order valence-corrected chi connectivity index (χ4v) is 2.36. The fraction of sp³-hybridized carbons (Fsp3) is 0.105. The lowest BCUT2D eigenvalue weighted by Gasteiger charge is -2.15. The number of halogens is 3. The van der Waals surface area contributed by atoms with E-state index in [1.807, 2.05) is 19.1 Å². The topological polar surface area (TPSA) is 73.6 Å². The summed E-state index contributed by atoms with van der Waals surface area (Å²) in [6.45, 7) is 1.84. The molecule has 0 amide bonds. The maximum Gasteiger partial charge on any atom is 0.421 e. The Balaban J connectivity index is 1.93. The first-order valence-electron chi connectivity index (χ1n) is 7.90. The van der Waals surface area contributed by atoms with Crippen LogP contribution < -0.4 is 10.6 Å². The predicted molar refractivity (Wildman–Crippen MR) is 95.9 cm³/mol. The molecule has 136 valence electrons. The minimum atomic E-state index is -4.60. The van der Waals surface area contributed by atoms with Crippen molar-refractivity contribution < 1.29 is 13.2 Å². The largest absolute Gasteiger partial charge is 0.421 e.